The highest BCUT2D eigenvalue weighted by Crippen LogP contribution is 2.10. The molecule has 0 spiro atoms. The third-order valence-electron chi connectivity index (χ3n) is 2.84. The summed E-state index contributed by atoms with van der Waals surface area (Å²) in [6, 6.07) is 0.470. The summed E-state index contributed by atoms with van der Waals surface area (Å²) >= 11 is 0. The van der Waals surface area contributed by atoms with Crippen LogP contribution >= 0.6 is 0 Å². The SMILES string of the molecule is CCC(CC)N(CC(=O)NCCO)CC(C)C. The number of carbonyl (C=O) groups is 1. The summed E-state index contributed by atoms with van der Waals surface area (Å²) in [5.41, 5.74) is 0. The Labute approximate surface area is 105 Å². The quantitative estimate of drug-likeness (QED) is 0.641. The molecule has 0 aliphatic heterocycles. The van der Waals surface area contributed by atoms with Crippen LogP contribution in [0.5, 0.6) is 0 Å². The fourth-order valence-electron chi connectivity index (χ4n) is 2.05. The standard InChI is InChI=1S/C13H28N2O2/c1-5-12(6-2)15(9-11(3)4)10-13(17)14-7-8-16/h11-12,16H,5-10H2,1-4H3,(H,14,17). The first-order valence-electron chi connectivity index (χ1n) is 6.66. The van der Waals surface area contributed by atoms with E-state index in [-0.39, 0.29) is 12.5 Å². The molecule has 17 heavy (non-hydrogen) atoms. The maximum absolute atomic E-state index is 11.7. The molecule has 0 bridgehead atoms. The predicted molar refractivity (Wildman–Crippen MR) is 70.9 cm³/mol. The number of nitrogens with one attached hydrogen (secondary N) is 1. The number of hydrogen-bond acceptors (Lipinski definition) is 3. The Morgan fingerprint density at radius 1 is 1.29 bits per heavy atom. The number of amides is 1. The van der Waals surface area contributed by atoms with Gasteiger partial charge >= 0.3 is 0 Å². The average Bonchev–Trinajstić information content (AvgIpc) is 2.27. The fourth-order valence-corrected chi connectivity index (χ4v) is 2.05. The van der Waals surface area contributed by atoms with Crippen molar-refractivity contribution in [2.24, 2.45) is 5.92 Å². The van der Waals surface area contributed by atoms with E-state index in [1.165, 1.54) is 0 Å². The first kappa shape index (κ1) is 16.4. The summed E-state index contributed by atoms with van der Waals surface area (Å²) in [6.45, 7) is 10.4. The molecule has 0 heterocycles. The molecule has 0 aliphatic carbocycles. The van der Waals surface area contributed by atoms with Crippen LogP contribution in [0.4, 0.5) is 0 Å². The summed E-state index contributed by atoms with van der Waals surface area (Å²) in [5.74, 6) is 0.563. The highest BCUT2D eigenvalue weighted by atomic mass is 16.3. The molecule has 0 aromatic rings. The lowest BCUT2D eigenvalue weighted by Crippen LogP contribution is -2.44. The molecular weight excluding hydrogens is 216 g/mol. The highest BCUT2D eigenvalue weighted by molar-refractivity contribution is 5.78. The monoisotopic (exact) mass is 244 g/mol. The summed E-state index contributed by atoms with van der Waals surface area (Å²) in [4.78, 5) is 13.9. The van der Waals surface area contributed by atoms with E-state index in [0.717, 1.165) is 19.4 Å². The minimum atomic E-state index is 0.000898. The number of hydrogen-bond donors (Lipinski definition) is 2. The zero-order chi connectivity index (χ0) is 13.3. The van der Waals surface area contributed by atoms with Gasteiger partial charge in [-0.25, -0.2) is 0 Å². The normalized spacial score (nSPS) is 11.5. The van der Waals surface area contributed by atoms with E-state index in [4.69, 9.17) is 5.11 Å². The van der Waals surface area contributed by atoms with Crippen LogP contribution in [0.3, 0.4) is 0 Å². The van der Waals surface area contributed by atoms with Gasteiger partial charge in [0.05, 0.1) is 13.2 Å². The van der Waals surface area contributed by atoms with Gasteiger partial charge in [-0.2, -0.15) is 0 Å². The molecule has 102 valence electrons. The molecule has 0 fully saturated rings. The van der Waals surface area contributed by atoms with Crippen molar-refractivity contribution < 1.29 is 9.90 Å². The molecule has 0 aromatic carbocycles. The van der Waals surface area contributed by atoms with Crippen molar-refractivity contribution in [3.8, 4) is 0 Å². The second-order valence-corrected chi connectivity index (χ2v) is 4.87. The van der Waals surface area contributed by atoms with Crippen molar-refractivity contribution in [3.05, 3.63) is 0 Å². The molecule has 0 saturated heterocycles. The number of rotatable bonds is 9. The average molecular weight is 244 g/mol. The molecule has 0 aromatic heterocycles. The Balaban J connectivity index is 4.31. The van der Waals surface area contributed by atoms with Crippen LogP contribution in [0.1, 0.15) is 40.5 Å². The molecular formula is C13H28N2O2. The Kier molecular flexibility index (Phi) is 9.09. The van der Waals surface area contributed by atoms with Gasteiger partial charge in [-0.15, -0.1) is 0 Å². The number of carbonyl (C=O) groups excluding carboxylic acids is 1. The molecule has 0 unspecified atom stereocenters. The van der Waals surface area contributed by atoms with Crippen molar-refractivity contribution >= 4 is 5.91 Å². The van der Waals surface area contributed by atoms with Crippen molar-refractivity contribution in [2.45, 2.75) is 46.6 Å². The van der Waals surface area contributed by atoms with E-state index in [9.17, 15) is 4.79 Å². The predicted octanol–water partition coefficient (Wildman–Crippen LogP) is 1.24. The lowest BCUT2D eigenvalue weighted by Gasteiger charge is -2.31. The molecule has 0 rings (SSSR count). The Bertz CT molecular complexity index is 204. The second-order valence-electron chi connectivity index (χ2n) is 4.87. The molecule has 0 radical (unpaired) electrons. The number of nitrogens with zero attached hydrogens (tertiary/aromatic N) is 1. The summed E-state index contributed by atoms with van der Waals surface area (Å²) in [6.07, 6.45) is 2.13. The zero-order valence-electron chi connectivity index (χ0n) is 11.7. The fraction of sp³-hybridized carbons (Fsp3) is 0.923. The van der Waals surface area contributed by atoms with Crippen molar-refractivity contribution in [2.75, 3.05) is 26.2 Å². The van der Waals surface area contributed by atoms with Crippen molar-refractivity contribution in [3.63, 3.8) is 0 Å². The Morgan fingerprint density at radius 3 is 2.29 bits per heavy atom. The summed E-state index contributed by atoms with van der Waals surface area (Å²) < 4.78 is 0. The van der Waals surface area contributed by atoms with Gasteiger partial charge in [0.15, 0.2) is 0 Å². The third-order valence-corrected chi connectivity index (χ3v) is 2.84. The van der Waals surface area contributed by atoms with Crippen LogP contribution in [0.15, 0.2) is 0 Å². The molecule has 4 heteroatoms. The largest absolute Gasteiger partial charge is 0.395 e. The van der Waals surface area contributed by atoms with Crippen LogP contribution in [0, 0.1) is 5.92 Å². The van der Waals surface area contributed by atoms with Crippen molar-refractivity contribution in [1.82, 2.24) is 10.2 Å². The maximum Gasteiger partial charge on any atom is 0.234 e. The molecule has 4 nitrogen and oxygen atoms in total. The van der Waals surface area contributed by atoms with Gasteiger partial charge in [0.25, 0.3) is 0 Å². The van der Waals surface area contributed by atoms with Crippen LogP contribution in [-0.2, 0) is 4.79 Å². The van der Waals surface area contributed by atoms with Gasteiger partial charge in [0.2, 0.25) is 5.91 Å². The van der Waals surface area contributed by atoms with Crippen LogP contribution in [-0.4, -0.2) is 48.2 Å². The van der Waals surface area contributed by atoms with E-state index >= 15 is 0 Å². The van der Waals surface area contributed by atoms with Gasteiger partial charge in [-0.1, -0.05) is 27.7 Å². The van der Waals surface area contributed by atoms with Crippen LogP contribution in [0.25, 0.3) is 0 Å². The van der Waals surface area contributed by atoms with Crippen LogP contribution in [0.2, 0.25) is 0 Å². The summed E-state index contributed by atoms with van der Waals surface area (Å²) in [7, 11) is 0. The third kappa shape index (κ3) is 7.34. The number of aliphatic hydroxyl groups is 1. The summed E-state index contributed by atoms with van der Waals surface area (Å²) in [5, 5.41) is 11.4. The zero-order valence-corrected chi connectivity index (χ0v) is 11.7. The van der Waals surface area contributed by atoms with Gasteiger partial charge in [0.1, 0.15) is 0 Å². The molecule has 0 saturated carbocycles. The highest BCUT2D eigenvalue weighted by Gasteiger charge is 2.18. The van der Waals surface area contributed by atoms with Crippen LogP contribution < -0.4 is 5.32 Å². The lowest BCUT2D eigenvalue weighted by molar-refractivity contribution is -0.123. The number of aliphatic hydroxyl groups excluding tert-OH is 1. The lowest BCUT2D eigenvalue weighted by atomic mass is 10.1. The topological polar surface area (TPSA) is 52.6 Å². The first-order valence-corrected chi connectivity index (χ1v) is 6.66. The van der Waals surface area contributed by atoms with E-state index in [1.54, 1.807) is 0 Å². The minimum Gasteiger partial charge on any atom is -0.395 e. The van der Waals surface area contributed by atoms with E-state index in [0.29, 0.717) is 25.0 Å². The van der Waals surface area contributed by atoms with Gasteiger partial charge in [-0.3, -0.25) is 9.69 Å². The van der Waals surface area contributed by atoms with Crippen molar-refractivity contribution in [1.29, 1.82) is 0 Å². The van der Waals surface area contributed by atoms with E-state index in [2.05, 4.69) is 37.9 Å². The van der Waals surface area contributed by atoms with E-state index < -0.39 is 0 Å². The first-order chi connectivity index (χ1) is 8.04. The Hall–Kier alpha value is -0.610. The molecule has 2 N–H and O–H groups in total. The minimum absolute atomic E-state index is 0.000898. The molecule has 0 aliphatic rings. The van der Waals surface area contributed by atoms with Gasteiger partial charge in [0, 0.05) is 19.1 Å². The maximum atomic E-state index is 11.7. The molecule has 1 amide bonds. The smallest absolute Gasteiger partial charge is 0.234 e. The Morgan fingerprint density at radius 2 is 1.88 bits per heavy atom. The second kappa shape index (κ2) is 9.42. The molecule has 0 atom stereocenters. The van der Waals surface area contributed by atoms with E-state index in [1.807, 2.05) is 0 Å². The van der Waals surface area contributed by atoms with Gasteiger partial charge in [-0.05, 0) is 18.8 Å². The van der Waals surface area contributed by atoms with Gasteiger partial charge < -0.3 is 10.4 Å².